The smallest absolute Gasteiger partial charge is 0.311 e. The molecule has 1 N–H and O–H groups in total. The third-order valence-corrected chi connectivity index (χ3v) is 10.7. The molecule has 2 amide bonds. The zero-order chi connectivity index (χ0) is 27.4. The van der Waals surface area contributed by atoms with E-state index >= 15 is 0 Å². The lowest BCUT2D eigenvalue weighted by atomic mass is 9.66. The molecule has 0 aromatic carbocycles. The highest BCUT2D eigenvalue weighted by Gasteiger charge is 2.78. The Morgan fingerprint density at radius 2 is 2.00 bits per heavy atom. The van der Waals surface area contributed by atoms with Gasteiger partial charge in [-0.15, -0.1) is 24.9 Å². The molecule has 0 aromatic heterocycles. The van der Waals surface area contributed by atoms with Crippen molar-refractivity contribution in [3.63, 3.8) is 0 Å². The minimum atomic E-state index is -0.724. The number of fused-ring (bicyclic) bond motifs is 1. The quantitative estimate of drug-likeness (QED) is 0.191. The standard InChI is InChI=1S/C29H46N2O5S/c1-7-11-12-13-18-36-27(35)23-22-25(33)31(21(10-4)19-32)24(29(22)16-15-28(23,6)37-29)26(34)30(17-9-3)20(5)14-8-2/h7,9,20-24,32H,1,3,8,10-19H2,2,4-6H3/t20?,21-,22-,23-,24?,28+,29?/m0/s1. The van der Waals surface area contributed by atoms with Crippen LogP contribution in [0.4, 0.5) is 0 Å². The van der Waals surface area contributed by atoms with Crippen molar-refractivity contribution in [3.8, 4) is 0 Å². The lowest BCUT2D eigenvalue weighted by Crippen LogP contribution is -2.58. The molecule has 0 aliphatic carbocycles. The van der Waals surface area contributed by atoms with Crippen LogP contribution in [0.2, 0.25) is 0 Å². The van der Waals surface area contributed by atoms with Crippen LogP contribution in [0, 0.1) is 11.8 Å². The molecule has 8 heteroatoms. The number of likely N-dealkylation sites (tertiary alicyclic amines) is 1. The second kappa shape index (κ2) is 12.4. The van der Waals surface area contributed by atoms with E-state index in [1.807, 2.05) is 24.8 Å². The number of aliphatic hydroxyl groups excluding tert-OH is 1. The molecule has 2 bridgehead atoms. The van der Waals surface area contributed by atoms with E-state index in [1.165, 1.54) is 0 Å². The predicted molar refractivity (Wildman–Crippen MR) is 148 cm³/mol. The number of unbranched alkanes of at least 4 members (excludes halogenated alkanes) is 2. The van der Waals surface area contributed by atoms with E-state index in [9.17, 15) is 19.5 Å². The molecule has 3 rings (SSSR count). The first-order valence-corrected chi connectivity index (χ1v) is 14.8. The molecule has 3 fully saturated rings. The maximum Gasteiger partial charge on any atom is 0.311 e. The van der Waals surface area contributed by atoms with E-state index in [2.05, 4.69) is 27.0 Å². The molecule has 1 spiro atoms. The van der Waals surface area contributed by atoms with Crippen LogP contribution >= 0.6 is 11.8 Å². The van der Waals surface area contributed by atoms with E-state index in [0.717, 1.165) is 38.5 Å². The fraction of sp³-hybridized carbons (Fsp3) is 0.759. The summed E-state index contributed by atoms with van der Waals surface area (Å²) in [6.45, 7) is 16.2. The van der Waals surface area contributed by atoms with Crippen molar-refractivity contribution in [2.45, 2.75) is 107 Å². The fourth-order valence-electron chi connectivity index (χ4n) is 6.82. The second-order valence-corrected chi connectivity index (χ2v) is 13.0. The van der Waals surface area contributed by atoms with E-state index in [-0.39, 0.29) is 30.4 Å². The topological polar surface area (TPSA) is 87.1 Å². The van der Waals surface area contributed by atoms with Crippen molar-refractivity contribution in [1.82, 2.24) is 9.80 Å². The first-order valence-electron chi connectivity index (χ1n) is 14.0. The van der Waals surface area contributed by atoms with Gasteiger partial charge in [-0.2, -0.15) is 0 Å². The number of allylic oxidation sites excluding steroid dienone is 1. The normalized spacial score (nSPS) is 31.6. The van der Waals surface area contributed by atoms with E-state index in [4.69, 9.17) is 4.74 Å². The number of carbonyl (C=O) groups is 3. The summed E-state index contributed by atoms with van der Waals surface area (Å²) in [4.78, 5) is 45.5. The van der Waals surface area contributed by atoms with Crippen LogP contribution in [0.3, 0.4) is 0 Å². The monoisotopic (exact) mass is 534 g/mol. The summed E-state index contributed by atoms with van der Waals surface area (Å²) < 4.78 is 4.57. The molecule has 0 radical (unpaired) electrons. The van der Waals surface area contributed by atoms with E-state index < -0.39 is 33.4 Å². The van der Waals surface area contributed by atoms with Crippen LogP contribution in [-0.2, 0) is 19.1 Å². The summed E-state index contributed by atoms with van der Waals surface area (Å²) in [6.07, 6.45) is 9.85. The molecule has 0 saturated carbocycles. The highest BCUT2D eigenvalue weighted by molar-refractivity contribution is 8.02. The van der Waals surface area contributed by atoms with Gasteiger partial charge in [-0.3, -0.25) is 14.4 Å². The van der Waals surface area contributed by atoms with Crippen LogP contribution in [0.15, 0.2) is 25.3 Å². The minimum absolute atomic E-state index is 0.00683. The molecule has 3 aliphatic heterocycles. The van der Waals surface area contributed by atoms with Gasteiger partial charge in [-0.05, 0) is 58.8 Å². The zero-order valence-corrected chi connectivity index (χ0v) is 23.9. The number of ether oxygens (including phenoxy) is 1. The number of esters is 1. The summed E-state index contributed by atoms with van der Waals surface area (Å²) in [6, 6.07) is -1.21. The maximum atomic E-state index is 14.4. The van der Waals surface area contributed by atoms with Gasteiger partial charge in [0.2, 0.25) is 11.8 Å². The number of hydrogen-bond donors (Lipinski definition) is 1. The summed E-state index contributed by atoms with van der Waals surface area (Å²) in [5.41, 5.74) is 0. The number of nitrogens with zero attached hydrogens (tertiary/aromatic N) is 2. The number of aliphatic hydroxyl groups is 1. The third kappa shape index (κ3) is 5.25. The number of amides is 2. The molecule has 208 valence electrons. The van der Waals surface area contributed by atoms with Crippen molar-refractivity contribution < 1.29 is 24.2 Å². The largest absolute Gasteiger partial charge is 0.465 e. The van der Waals surface area contributed by atoms with Crippen molar-refractivity contribution in [1.29, 1.82) is 0 Å². The summed E-state index contributed by atoms with van der Waals surface area (Å²) in [5, 5.41) is 10.2. The molecule has 0 aromatic rings. The molecule has 3 unspecified atom stereocenters. The molecule has 7 nitrogen and oxygen atoms in total. The van der Waals surface area contributed by atoms with Gasteiger partial charge < -0.3 is 19.6 Å². The summed E-state index contributed by atoms with van der Waals surface area (Å²) in [5.74, 6) is -1.85. The van der Waals surface area contributed by atoms with Gasteiger partial charge in [0.1, 0.15) is 6.04 Å². The Kier molecular flexibility index (Phi) is 9.95. The van der Waals surface area contributed by atoms with Crippen LogP contribution in [0.1, 0.15) is 79.1 Å². The van der Waals surface area contributed by atoms with Crippen LogP contribution in [0.5, 0.6) is 0 Å². The molecule has 3 heterocycles. The average Bonchev–Trinajstić information content (AvgIpc) is 3.44. The number of thioether (sulfide) groups is 1. The van der Waals surface area contributed by atoms with Crippen LogP contribution in [-0.4, -0.2) is 80.1 Å². The lowest BCUT2D eigenvalue weighted by Gasteiger charge is -2.41. The second-order valence-electron chi connectivity index (χ2n) is 11.1. The number of hydrogen-bond acceptors (Lipinski definition) is 6. The van der Waals surface area contributed by atoms with Crippen molar-refractivity contribution in [2.75, 3.05) is 19.8 Å². The van der Waals surface area contributed by atoms with Gasteiger partial charge in [-0.1, -0.05) is 32.4 Å². The average molecular weight is 535 g/mol. The van der Waals surface area contributed by atoms with E-state index in [0.29, 0.717) is 26.0 Å². The van der Waals surface area contributed by atoms with Gasteiger partial charge in [0, 0.05) is 17.3 Å². The molecule has 3 aliphatic rings. The van der Waals surface area contributed by atoms with E-state index in [1.54, 1.807) is 22.7 Å². The predicted octanol–water partition coefficient (Wildman–Crippen LogP) is 4.34. The molecule has 37 heavy (non-hydrogen) atoms. The zero-order valence-electron chi connectivity index (χ0n) is 23.1. The lowest BCUT2D eigenvalue weighted by molar-refractivity contribution is -0.156. The summed E-state index contributed by atoms with van der Waals surface area (Å²) >= 11 is 1.65. The van der Waals surface area contributed by atoms with Gasteiger partial charge in [0.05, 0.1) is 35.8 Å². The Morgan fingerprint density at radius 1 is 1.27 bits per heavy atom. The van der Waals surface area contributed by atoms with Crippen molar-refractivity contribution in [3.05, 3.63) is 25.3 Å². The Bertz CT molecular complexity index is 876. The molecule has 7 atom stereocenters. The van der Waals surface area contributed by atoms with Gasteiger partial charge in [0.25, 0.3) is 0 Å². The Labute approximate surface area is 227 Å². The first kappa shape index (κ1) is 29.8. The Hall–Kier alpha value is -1.80. The van der Waals surface area contributed by atoms with Crippen molar-refractivity contribution in [2.24, 2.45) is 11.8 Å². The number of rotatable bonds is 15. The fourth-order valence-corrected chi connectivity index (χ4v) is 9.14. The highest BCUT2D eigenvalue weighted by Crippen LogP contribution is 2.71. The summed E-state index contributed by atoms with van der Waals surface area (Å²) in [7, 11) is 0. The third-order valence-electron chi connectivity index (χ3n) is 8.67. The SMILES string of the molecule is C=CCCCCOC(=O)[C@@H]1[C@H]2C(=O)N([C@@H](CC)CO)C(C(=O)N(CC=C)C(C)CCC)C23CC[C@@]1(C)S3. The van der Waals surface area contributed by atoms with Crippen LogP contribution < -0.4 is 0 Å². The highest BCUT2D eigenvalue weighted by atomic mass is 32.2. The van der Waals surface area contributed by atoms with Crippen molar-refractivity contribution >= 4 is 29.5 Å². The Morgan fingerprint density at radius 3 is 2.59 bits per heavy atom. The molecule has 3 saturated heterocycles. The number of carbonyl (C=O) groups excluding carboxylic acids is 3. The Balaban J connectivity index is 2.00. The van der Waals surface area contributed by atoms with Gasteiger partial charge in [0.15, 0.2) is 0 Å². The first-order chi connectivity index (χ1) is 17.7. The van der Waals surface area contributed by atoms with Gasteiger partial charge in [-0.25, -0.2) is 0 Å². The molecular formula is C29H46N2O5S. The van der Waals surface area contributed by atoms with Crippen LogP contribution in [0.25, 0.3) is 0 Å². The van der Waals surface area contributed by atoms with Gasteiger partial charge >= 0.3 is 5.97 Å². The maximum absolute atomic E-state index is 14.4. The minimum Gasteiger partial charge on any atom is -0.465 e. The molecular weight excluding hydrogens is 488 g/mol.